The highest BCUT2D eigenvalue weighted by Crippen LogP contribution is 2.41. The number of allylic oxidation sites excluding steroid dienone is 3. The van der Waals surface area contributed by atoms with Crippen LogP contribution in [0.2, 0.25) is 0 Å². The lowest BCUT2D eigenvalue weighted by molar-refractivity contribution is 0.372. The van der Waals surface area contributed by atoms with Gasteiger partial charge in [-0.15, -0.1) is 17.9 Å². The highest BCUT2D eigenvalue weighted by Gasteiger charge is 2.31. The van der Waals surface area contributed by atoms with E-state index in [1.165, 1.54) is 24.4 Å². The molecule has 2 unspecified atom stereocenters. The SMILES string of the molecule is C#C.CC.CC(C)C1CCC(c2cnnc(N)n2)C(N)=C1/C=C(\N)c1c(F)cccc1F. The lowest BCUT2D eigenvalue weighted by Crippen LogP contribution is -2.27. The summed E-state index contributed by atoms with van der Waals surface area (Å²) in [5.41, 5.74) is 19.9. The van der Waals surface area contributed by atoms with Crippen LogP contribution < -0.4 is 17.2 Å². The molecule has 2 atom stereocenters. The zero-order chi connectivity index (χ0) is 24.4. The molecule has 6 nitrogen and oxygen atoms in total. The van der Waals surface area contributed by atoms with Crippen molar-refractivity contribution in [3.05, 3.63) is 64.6 Å². The van der Waals surface area contributed by atoms with Gasteiger partial charge in [-0.25, -0.2) is 13.8 Å². The van der Waals surface area contributed by atoms with Gasteiger partial charge in [0.1, 0.15) is 11.6 Å². The third-order valence-corrected chi connectivity index (χ3v) is 5.19. The maximum absolute atomic E-state index is 14.1. The molecule has 0 radical (unpaired) electrons. The van der Waals surface area contributed by atoms with Crippen molar-refractivity contribution in [2.75, 3.05) is 5.73 Å². The molecule has 1 aromatic heterocycles. The zero-order valence-electron chi connectivity index (χ0n) is 19.0. The van der Waals surface area contributed by atoms with Crippen molar-refractivity contribution >= 4 is 11.6 Å². The maximum atomic E-state index is 14.1. The van der Waals surface area contributed by atoms with Crippen molar-refractivity contribution in [1.29, 1.82) is 0 Å². The molecule has 32 heavy (non-hydrogen) atoms. The Kier molecular flexibility index (Phi) is 10.3. The summed E-state index contributed by atoms with van der Waals surface area (Å²) in [4.78, 5) is 4.24. The molecule has 3 rings (SSSR count). The average molecular weight is 443 g/mol. The molecular formula is C24H32F2N6. The van der Waals surface area contributed by atoms with Gasteiger partial charge in [0.05, 0.1) is 17.5 Å². The Hall–Kier alpha value is -3.47. The molecule has 6 N–H and O–H groups in total. The highest BCUT2D eigenvalue weighted by molar-refractivity contribution is 5.67. The lowest BCUT2D eigenvalue weighted by Gasteiger charge is -2.33. The average Bonchev–Trinajstić information content (AvgIpc) is 2.77. The van der Waals surface area contributed by atoms with Gasteiger partial charge in [-0.3, -0.25) is 0 Å². The molecule has 172 valence electrons. The fraction of sp³-hybridized carbons (Fsp3) is 0.375. The fourth-order valence-electron chi connectivity index (χ4n) is 3.77. The van der Waals surface area contributed by atoms with Gasteiger partial charge >= 0.3 is 0 Å². The van der Waals surface area contributed by atoms with E-state index in [2.05, 4.69) is 41.9 Å². The summed E-state index contributed by atoms with van der Waals surface area (Å²) in [5, 5.41) is 7.52. The predicted octanol–water partition coefficient (Wildman–Crippen LogP) is 4.37. The van der Waals surface area contributed by atoms with Gasteiger partial charge in [-0.05, 0) is 48.5 Å². The van der Waals surface area contributed by atoms with Gasteiger partial charge in [-0.1, -0.05) is 33.8 Å². The molecule has 0 bridgehead atoms. The first-order valence-corrected chi connectivity index (χ1v) is 10.5. The van der Waals surface area contributed by atoms with Gasteiger partial charge in [0.15, 0.2) is 0 Å². The van der Waals surface area contributed by atoms with Crippen molar-refractivity contribution in [2.45, 2.75) is 46.5 Å². The number of rotatable bonds is 4. The summed E-state index contributed by atoms with van der Waals surface area (Å²) >= 11 is 0. The lowest BCUT2D eigenvalue weighted by atomic mass is 9.73. The van der Waals surface area contributed by atoms with Gasteiger partial charge in [-0.2, -0.15) is 5.10 Å². The Morgan fingerprint density at radius 2 is 1.72 bits per heavy atom. The van der Waals surface area contributed by atoms with E-state index in [4.69, 9.17) is 17.2 Å². The number of terminal acetylenes is 1. The molecule has 1 aliphatic rings. The summed E-state index contributed by atoms with van der Waals surface area (Å²) < 4.78 is 28.3. The minimum atomic E-state index is -0.714. The van der Waals surface area contributed by atoms with E-state index in [1.54, 1.807) is 6.08 Å². The third kappa shape index (κ3) is 6.03. The standard InChI is InChI=1S/C20H24F2N6.C2H6.C2H2/c1-10(2)11-6-7-12(17-9-26-28-20(25)27-17)19(24)13(11)8-16(23)18-14(21)4-3-5-15(18)22;2*1-2/h3-5,8-12H,6-7,23-24H2,1-2H3,(H2,25,27,28);1-2H3;1-2H/b16-8-;;. The second-order valence-electron chi connectivity index (χ2n) is 7.33. The van der Waals surface area contributed by atoms with Crippen LogP contribution in [0, 0.1) is 36.3 Å². The van der Waals surface area contributed by atoms with E-state index < -0.39 is 11.6 Å². The molecule has 1 heterocycles. The quantitative estimate of drug-likeness (QED) is 0.606. The fourth-order valence-corrected chi connectivity index (χ4v) is 3.77. The Balaban J connectivity index is 0.00000121. The first-order chi connectivity index (χ1) is 15.3. The number of nitrogens with two attached hydrogens (primary N) is 3. The number of halogens is 2. The van der Waals surface area contributed by atoms with Gasteiger partial charge in [0.25, 0.3) is 0 Å². The Morgan fingerprint density at radius 1 is 1.12 bits per heavy atom. The monoisotopic (exact) mass is 442 g/mol. The van der Waals surface area contributed by atoms with Crippen LogP contribution in [-0.4, -0.2) is 15.2 Å². The van der Waals surface area contributed by atoms with Crippen LogP contribution in [0.3, 0.4) is 0 Å². The van der Waals surface area contributed by atoms with Gasteiger partial charge in [0.2, 0.25) is 5.95 Å². The molecule has 2 aromatic rings. The van der Waals surface area contributed by atoms with E-state index in [0.29, 0.717) is 11.4 Å². The molecule has 1 aromatic carbocycles. The van der Waals surface area contributed by atoms with E-state index >= 15 is 0 Å². The maximum Gasteiger partial charge on any atom is 0.240 e. The van der Waals surface area contributed by atoms with Crippen molar-refractivity contribution in [2.24, 2.45) is 23.3 Å². The smallest absolute Gasteiger partial charge is 0.240 e. The van der Waals surface area contributed by atoms with Gasteiger partial charge < -0.3 is 17.2 Å². The van der Waals surface area contributed by atoms with Crippen LogP contribution in [0.15, 0.2) is 41.7 Å². The summed E-state index contributed by atoms with van der Waals surface area (Å²) in [6.45, 7) is 8.16. The molecule has 0 saturated heterocycles. The molecule has 0 spiro atoms. The second-order valence-corrected chi connectivity index (χ2v) is 7.33. The third-order valence-electron chi connectivity index (χ3n) is 5.19. The minimum Gasteiger partial charge on any atom is -0.401 e. The second kappa shape index (κ2) is 12.4. The largest absolute Gasteiger partial charge is 0.401 e. The van der Waals surface area contributed by atoms with Crippen LogP contribution in [0.5, 0.6) is 0 Å². The van der Waals surface area contributed by atoms with Gasteiger partial charge in [0, 0.05) is 17.3 Å². The van der Waals surface area contributed by atoms with E-state index in [-0.39, 0.29) is 35.0 Å². The topological polar surface area (TPSA) is 117 Å². The number of benzene rings is 1. The summed E-state index contributed by atoms with van der Waals surface area (Å²) in [6.07, 6.45) is 12.7. The summed E-state index contributed by atoms with van der Waals surface area (Å²) in [6, 6.07) is 3.65. The number of hydrogen-bond donors (Lipinski definition) is 3. The summed E-state index contributed by atoms with van der Waals surface area (Å²) in [5.74, 6) is -1.18. The number of anilines is 1. The number of nitrogens with zero attached hydrogens (tertiary/aromatic N) is 3. The molecular weight excluding hydrogens is 410 g/mol. The van der Waals surface area contributed by atoms with Crippen LogP contribution in [0.25, 0.3) is 5.70 Å². The first kappa shape index (κ1) is 26.6. The minimum absolute atomic E-state index is 0.000163. The molecule has 0 fully saturated rings. The molecule has 0 aliphatic heterocycles. The van der Waals surface area contributed by atoms with Crippen LogP contribution in [0.1, 0.15) is 57.7 Å². The number of aromatic nitrogens is 3. The zero-order valence-corrected chi connectivity index (χ0v) is 19.0. The first-order valence-electron chi connectivity index (χ1n) is 10.5. The van der Waals surface area contributed by atoms with Crippen molar-refractivity contribution < 1.29 is 8.78 Å². The number of hydrogen-bond acceptors (Lipinski definition) is 6. The van der Waals surface area contributed by atoms with Crippen molar-refractivity contribution in [1.82, 2.24) is 15.2 Å². The Morgan fingerprint density at radius 3 is 2.25 bits per heavy atom. The Bertz CT molecular complexity index is 961. The molecule has 0 amide bonds. The van der Waals surface area contributed by atoms with E-state index in [1.807, 2.05) is 13.8 Å². The van der Waals surface area contributed by atoms with Crippen LogP contribution in [-0.2, 0) is 0 Å². The Labute approximate surface area is 189 Å². The van der Waals surface area contributed by atoms with E-state index in [0.717, 1.165) is 18.4 Å². The molecule has 8 heteroatoms. The highest BCUT2D eigenvalue weighted by atomic mass is 19.1. The van der Waals surface area contributed by atoms with Crippen molar-refractivity contribution in [3.8, 4) is 12.8 Å². The summed E-state index contributed by atoms with van der Waals surface area (Å²) in [7, 11) is 0. The van der Waals surface area contributed by atoms with Crippen LogP contribution in [0.4, 0.5) is 14.7 Å². The normalized spacial score (nSPS) is 18.3. The predicted molar refractivity (Wildman–Crippen MR) is 126 cm³/mol. The van der Waals surface area contributed by atoms with Crippen LogP contribution >= 0.6 is 0 Å². The van der Waals surface area contributed by atoms with E-state index in [9.17, 15) is 8.78 Å². The molecule has 0 saturated carbocycles. The number of nitrogen functional groups attached to an aromatic ring is 1. The van der Waals surface area contributed by atoms with Crippen molar-refractivity contribution in [3.63, 3.8) is 0 Å². The molecule has 1 aliphatic carbocycles.